The average molecular weight is 448 g/mol. The quantitative estimate of drug-likeness (QED) is 0.592. The summed E-state index contributed by atoms with van der Waals surface area (Å²) in [6, 6.07) is 13.2. The molecule has 0 bridgehead atoms. The number of nitrogens with two attached hydrogens (primary N) is 1. The highest BCUT2D eigenvalue weighted by Crippen LogP contribution is 2.28. The summed E-state index contributed by atoms with van der Waals surface area (Å²) in [6.45, 7) is 1.87. The van der Waals surface area contributed by atoms with E-state index in [2.05, 4.69) is 4.98 Å². The van der Waals surface area contributed by atoms with Gasteiger partial charge in [-0.3, -0.25) is 4.79 Å². The van der Waals surface area contributed by atoms with Gasteiger partial charge in [0.25, 0.3) is 0 Å². The van der Waals surface area contributed by atoms with Crippen LogP contribution in [0.4, 0.5) is 0 Å². The Morgan fingerprint density at radius 1 is 1.20 bits per heavy atom. The SMILES string of the molecule is CC(c1ccc(S(N)(=O)=O)cc1)N(C)C(=O)CCc1ncc(-c2ccccc2Cl)o1. The standard InChI is InChI=1S/C21H22ClN3O4S/c1-14(15-7-9-16(10-8-15)30(23,27)28)25(2)21(26)12-11-20-24-13-19(29-20)17-5-3-4-6-18(17)22/h3-10,13-14H,11-12H2,1-2H3,(H2,23,27,28). The molecule has 7 nitrogen and oxygen atoms in total. The average Bonchev–Trinajstić information content (AvgIpc) is 3.19. The first-order valence-corrected chi connectivity index (χ1v) is 11.2. The second-order valence-electron chi connectivity index (χ2n) is 6.89. The molecule has 3 aromatic rings. The number of sulfonamides is 1. The third kappa shape index (κ3) is 5.08. The van der Waals surface area contributed by atoms with Crippen molar-refractivity contribution in [3.05, 3.63) is 71.2 Å². The smallest absolute Gasteiger partial charge is 0.238 e. The second-order valence-corrected chi connectivity index (χ2v) is 8.86. The Labute approximate surface area is 180 Å². The molecule has 1 atom stereocenters. The maximum absolute atomic E-state index is 12.6. The fourth-order valence-corrected chi connectivity index (χ4v) is 3.72. The number of hydrogen-bond donors (Lipinski definition) is 1. The highest BCUT2D eigenvalue weighted by Gasteiger charge is 2.19. The van der Waals surface area contributed by atoms with E-state index in [0.717, 1.165) is 11.1 Å². The van der Waals surface area contributed by atoms with E-state index in [9.17, 15) is 13.2 Å². The summed E-state index contributed by atoms with van der Waals surface area (Å²) in [5, 5.41) is 5.69. The zero-order chi connectivity index (χ0) is 21.9. The van der Waals surface area contributed by atoms with E-state index in [-0.39, 0.29) is 23.3 Å². The predicted molar refractivity (Wildman–Crippen MR) is 114 cm³/mol. The van der Waals surface area contributed by atoms with Crippen LogP contribution in [0.2, 0.25) is 5.02 Å². The Morgan fingerprint density at radius 3 is 2.50 bits per heavy atom. The molecule has 3 rings (SSSR count). The first-order valence-electron chi connectivity index (χ1n) is 9.25. The Hall–Kier alpha value is -2.68. The number of rotatable bonds is 7. The van der Waals surface area contributed by atoms with Crippen molar-refractivity contribution < 1.29 is 17.6 Å². The number of nitrogens with zero attached hydrogens (tertiary/aromatic N) is 2. The molecule has 0 fully saturated rings. The summed E-state index contributed by atoms with van der Waals surface area (Å²) in [7, 11) is -2.05. The van der Waals surface area contributed by atoms with Crippen molar-refractivity contribution in [2.24, 2.45) is 5.14 Å². The Bertz CT molecular complexity index is 1140. The zero-order valence-electron chi connectivity index (χ0n) is 16.6. The minimum atomic E-state index is -3.75. The van der Waals surface area contributed by atoms with Crippen LogP contribution in [-0.2, 0) is 21.2 Å². The fourth-order valence-electron chi connectivity index (χ4n) is 2.98. The molecule has 0 aliphatic heterocycles. The van der Waals surface area contributed by atoms with E-state index < -0.39 is 10.0 Å². The molecular formula is C21H22ClN3O4S. The third-order valence-electron chi connectivity index (χ3n) is 4.91. The van der Waals surface area contributed by atoms with Crippen LogP contribution in [0.5, 0.6) is 0 Å². The maximum Gasteiger partial charge on any atom is 0.238 e. The van der Waals surface area contributed by atoms with E-state index in [0.29, 0.717) is 23.1 Å². The molecule has 0 saturated heterocycles. The first kappa shape index (κ1) is 22.0. The second kappa shape index (κ2) is 8.99. The van der Waals surface area contributed by atoms with Crippen LogP contribution in [-0.4, -0.2) is 31.3 Å². The molecule has 0 spiro atoms. The minimum Gasteiger partial charge on any atom is -0.441 e. The highest BCUT2D eigenvalue weighted by atomic mass is 35.5. The number of primary sulfonamides is 1. The number of aryl methyl sites for hydroxylation is 1. The van der Waals surface area contributed by atoms with Gasteiger partial charge in [0.05, 0.1) is 22.2 Å². The molecule has 0 aliphatic carbocycles. The van der Waals surface area contributed by atoms with Gasteiger partial charge < -0.3 is 9.32 Å². The Kier molecular flexibility index (Phi) is 6.60. The van der Waals surface area contributed by atoms with E-state index in [1.807, 2.05) is 25.1 Å². The number of aromatic nitrogens is 1. The van der Waals surface area contributed by atoms with Crippen LogP contribution in [0.25, 0.3) is 11.3 Å². The monoisotopic (exact) mass is 447 g/mol. The highest BCUT2D eigenvalue weighted by molar-refractivity contribution is 7.89. The lowest BCUT2D eigenvalue weighted by Crippen LogP contribution is -2.29. The van der Waals surface area contributed by atoms with Gasteiger partial charge in [-0.1, -0.05) is 35.9 Å². The summed E-state index contributed by atoms with van der Waals surface area (Å²) in [4.78, 5) is 18.5. The molecular weight excluding hydrogens is 426 g/mol. The van der Waals surface area contributed by atoms with Crippen LogP contribution in [0, 0.1) is 0 Å². The molecule has 0 radical (unpaired) electrons. The predicted octanol–water partition coefficient (Wildman–Crippen LogP) is 3.79. The number of benzene rings is 2. The molecule has 1 amide bonds. The van der Waals surface area contributed by atoms with Gasteiger partial charge in [-0.05, 0) is 36.8 Å². The van der Waals surface area contributed by atoms with E-state index >= 15 is 0 Å². The molecule has 30 heavy (non-hydrogen) atoms. The molecule has 1 aromatic heterocycles. The summed E-state index contributed by atoms with van der Waals surface area (Å²) >= 11 is 6.18. The molecule has 2 N–H and O–H groups in total. The van der Waals surface area contributed by atoms with Crippen LogP contribution in [0.3, 0.4) is 0 Å². The molecule has 0 aliphatic rings. The van der Waals surface area contributed by atoms with Crippen molar-refractivity contribution in [3.63, 3.8) is 0 Å². The van der Waals surface area contributed by atoms with E-state index in [1.54, 1.807) is 36.3 Å². The number of oxazole rings is 1. The van der Waals surface area contributed by atoms with Gasteiger partial charge in [0.1, 0.15) is 0 Å². The van der Waals surface area contributed by atoms with Crippen molar-refractivity contribution in [2.75, 3.05) is 7.05 Å². The summed E-state index contributed by atoms with van der Waals surface area (Å²) in [6.07, 6.45) is 2.17. The molecule has 0 saturated carbocycles. The van der Waals surface area contributed by atoms with Crippen molar-refractivity contribution in [1.29, 1.82) is 0 Å². The lowest BCUT2D eigenvalue weighted by molar-refractivity contribution is -0.131. The summed E-state index contributed by atoms with van der Waals surface area (Å²) < 4.78 is 28.5. The van der Waals surface area contributed by atoms with Gasteiger partial charge >= 0.3 is 0 Å². The third-order valence-corrected chi connectivity index (χ3v) is 6.17. The minimum absolute atomic E-state index is 0.0330. The van der Waals surface area contributed by atoms with Crippen LogP contribution in [0.1, 0.15) is 30.8 Å². The van der Waals surface area contributed by atoms with Crippen LogP contribution < -0.4 is 5.14 Å². The number of amides is 1. The molecule has 158 valence electrons. The number of carbonyl (C=O) groups is 1. The Balaban J connectivity index is 1.61. The lowest BCUT2D eigenvalue weighted by Gasteiger charge is -2.25. The first-order chi connectivity index (χ1) is 14.2. The van der Waals surface area contributed by atoms with Crippen LogP contribution >= 0.6 is 11.6 Å². The van der Waals surface area contributed by atoms with Crippen molar-refractivity contribution in [2.45, 2.75) is 30.7 Å². The molecule has 2 aromatic carbocycles. The van der Waals surface area contributed by atoms with E-state index in [4.69, 9.17) is 21.2 Å². The number of halogens is 1. The number of hydrogen-bond acceptors (Lipinski definition) is 5. The van der Waals surface area contributed by atoms with Gasteiger partial charge in [-0.25, -0.2) is 18.5 Å². The molecule has 9 heteroatoms. The Morgan fingerprint density at radius 2 is 1.87 bits per heavy atom. The van der Waals surface area contributed by atoms with Gasteiger partial charge in [-0.2, -0.15) is 0 Å². The van der Waals surface area contributed by atoms with Crippen LogP contribution in [0.15, 0.2) is 64.0 Å². The van der Waals surface area contributed by atoms with Gasteiger partial charge in [0.2, 0.25) is 15.9 Å². The molecule has 1 heterocycles. The number of carbonyl (C=O) groups excluding carboxylic acids is 1. The normalized spacial score (nSPS) is 12.5. The molecule has 1 unspecified atom stereocenters. The van der Waals surface area contributed by atoms with Gasteiger partial charge in [-0.15, -0.1) is 0 Å². The maximum atomic E-state index is 12.6. The topological polar surface area (TPSA) is 106 Å². The van der Waals surface area contributed by atoms with E-state index in [1.165, 1.54) is 12.1 Å². The van der Waals surface area contributed by atoms with Gasteiger partial charge in [0.15, 0.2) is 11.7 Å². The van der Waals surface area contributed by atoms with Crippen molar-refractivity contribution in [1.82, 2.24) is 9.88 Å². The largest absolute Gasteiger partial charge is 0.441 e. The summed E-state index contributed by atoms with van der Waals surface area (Å²) in [5.41, 5.74) is 1.55. The zero-order valence-corrected chi connectivity index (χ0v) is 18.2. The summed E-state index contributed by atoms with van der Waals surface area (Å²) in [5.74, 6) is 0.923. The fraction of sp³-hybridized carbons (Fsp3) is 0.238. The lowest BCUT2D eigenvalue weighted by atomic mass is 10.1. The van der Waals surface area contributed by atoms with Crippen molar-refractivity contribution >= 4 is 27.5 Å². The van der Waals surface area contributed by atoms with Gasteiger partial charge in [0, 0.05) is 25.5 Å². The van der Waals surface area contributed by atoms with Crippen molar-refractivity contribution in [3.8, 4) is 11.3 Å².